The number of hydrogen-bond acceptors (Lipinski definition) is 5. The first kappa shape index (κ1) is 23.7. The largest absolute Gasteiger partial charge is 0.342 e. The second-order valence-electron chi connectivity index (χ2n) is 9.63. The lowest BCUT2D eigenvalue weighted by Crippen LogP contribution is -2.63. The molecule has 1 aliphatic rings. The maximum atomic E-state index is 13.5. The fourth-order valence-electron chi connectivity index (χ4n) is 3.47. The van der Waals surface area contributed by atoms with Crippen molar-refractivity contribution in [2.75, 3.05) is 30.8 Å². The van der Waals surface area contributed by atoms with Crippen molar-refractivity contribution < 1.29 is 14.4 Å². The van der Waals surface area contributed by atoms with Crippen LogP contribution in [0.15, 0.2) is 24.3 Å². The van der Waals surface area contributed by atoms with Gasteiger partial charge in [0, 0.05) is 31.2 Å². The Morgan fingerprint density at radius 2 is 1.72 bits per heavy atom. The van der Waals surface area contributed by atoms with Crippen molar-refractivity contribution in [1.29, 1.82) is 0 Å². The molecule has 4 amide bonds. The van der Waals surface area contributed by atoms with E-state index in [9.17, 15) is 14.4 Å². The number of nitrogens with one attached hydrogen (secondary N) is 2. The van der Waals surface area contributed by atoms with Gasteiger partial charge >= 0.3 is 6.03 Å². The summed E-state index contributed by atoms with van der Waals surface area (Å²) in [6.07, 6.45) is 0. The number of piperazine rings is 1. The van der Waals surface area contributed by atoms with Crippen molar-refractivity contribution in [3.63, 3.8) is 0 Å². The first-order valence-electron chi connectivity index (χ1n) is 10.5. The predicted octanol–water partition coefficient (Wildman–Crippen LogP) is 4.09. The van der Waals surface area contributed by atoms with E-state index in [-0.39, 0.29) is 22.9 Å². The van der Waals surface area contributed by atoms with Gasteiger partial charge in [0.1, 0.15) is 15.5 Å². The van der Waals surface area contributed by atoms with E-state index in [4.69, 9.17) is 0 Å². The van der Waals surface area contributed by atoms with E-state index in [1.54, 1.807) is 30.7 Å². The number of rotatable bonds is 3. The lowest BCUT2D eigenvalue weighted by Gasteiger charge is -2.44. The fourth-order valence-corrected chi connectivity index (χ4v) is 4.48. The third kappa shape index (κ3) is 4.77. The van der Waals surface area contributed by atoms with Gasteiger partial charge in [-0.3, -0.25) is 14.9 Å². The van der Waals surface area contributed by atoms with E-state index in [2.05, 4.69) is 15.6 Å². The van der Waals surface area contributed by atoms with Gasteiger partial charge in [0.15, 0.2) is 5.69 Å². The Hall–Kier alpha value is -2.94. The zero-order chi connectivity index (χ0) is 23.8. The summed E-state index contributed by atoms with van der Waals surface area (Å²) >= 11 is 1.28. The van der Waals surface area contributed by atoms with Crippen LogP contribution in [0.1, 0.15) is 55.7 Å². The fraction of sp³-hybridized carbons (Fsp3) is 0.478. The minimum atomic E-state index is -1.00. The molecular formula is C23H31N5O3S. The summed E-state index contributed by atoms with van der Waals surface area (Å²) in [6, 6.07) is 6.97. The summed E-state index contributed by atoms with van der Waals surface area (Å²) in [4.78, 5) is 46.6. The van der Waals surface area contributed by atoms with Gasteiger partial charge in [0.25, 0.3) is 5.91 Å². The Bertz CT molecular complexity index is 1040. The number of hydrogen-bond donors (Lipinski definition) is 2. The van der Waals surface area contributed by atoms with Gasteiger partial charge < -0.3 is 15.1 Å². The van der Waals surface area contributed by atoms with Crippen LogP contribution in [-0.2, 0) is 10.2 Å². The first-order chi connectivity index (χ1) is 14.8. The Morgan fingerprint density at radius 3 is 2.31 bits per heavy atom. The minimum Gasteiger partial charge on any atom is -0.342 e. The second-order valence-corrected chi connectivity index (χ2v) is 10.6. The summed E-state index contributed by atoms with van der Waals surface area (Å²) < 4.78 is 0. The molecule has 32 heavy (non-hydrogen) atoms. The predicted molar refractivity (Wildman–Crippen MR) is 127 cm³/mol. The molecule has 0 saturated carbocycles. The smallest absolute Gasteiger partial charge is 0.324 e. The molecule has 1 aromatic heterocycles. The zero-order valence-corrected chi connectivity index (χ0v) is 20.5. The topological polar surface area (TPSA) is 94.6 Å². The van der Waals surface area contributed by atoms with Gasteiger partial charge in [-0.1, -0.05) is 49.8 Å². The third-order valence-electron chi connectivity index (χ3n) is 5.46. The molecule has 0 aliphatic carbocycles. The van der Waals surface area contributed by atoms with Crippen molar-refractivity contribution in [3.8, 4) is 0 Å². The number of carbonyl (C=O) groups excluding carboxylic acids is 3. The van der Waals surface area contributed by atoms with Crippen molar-refractivity contribution in [2.24, 2.45) is 0 Å². The molecule has 9 heteroatoms. The van der Waals surface area contributed by atoms with Crippen LogP contribution in [0.4, 0.5) is 15.5 Å². The van der Waals surface area contributed by atoms with E-state index < -0.39 is 11.6 Å². The number of likely N-dealkylation sites (N-methyl/N-ethyl adjacent to an activating group) is 1. The van der Waals surface area contributed by atoms with Crippen molar-refractivity contribution >= 4 is 39.9 Å². The third-order valence-corrected chi connectivity index (χ3v) is 6.85. The monoisotopic (exact) mass is 457 g/mol. The Balaban J connectivity index is 1.90. The van der Waals surface area contributed by atoms with Crippen LogP contribution in [0.3, 0.4) is 0 Å². The minimum absolute atomic E-state index is 0.130. The highest BCUT2D eigenvalue weighted by Crippen LogP contribution is 2.35. The van der Waals surface area contributed by atoms with Crippen LogP contribution in [0.5, 0.6) is 0 Å². The maximum Gasteiger partial charge on any atom is 0.324 e. The second kappa shape index (κ2) is 8.54. The number of aryl methyl sites for hydroxylation is 1. The summed E-state index contributed by atoms with van der Waals surface area (Å²) in [5.41, 5.74) is 0.583. The van der Waals surface area contributed by atoms with Gasteiger partial charge in [0.2, 0.25) is 5.91 Å². The van der Waals surface area contributed by atoms with Crippen molar-refractivity contribution in [2.45, 2.75) is 52.5 Å². The number of carbonyl (C=O) groups is 3. The summed E-state index contributed by atoms with van der Waals surface area (Å²) in [5.74, 6) is -0.496. The van der Waals surface area contributed by atoms with Gasteiger partial charge in [-0.2, -0.15) is 0 Å². The van der Waals surface area contributed by atoms with E-state index in [0.29, 0.717) is 23.8 Å². The molecule has 1 aliphatic heterocycles. The number of aromatic nitrogens is 1. The number of urea groups is 1. The normalized spacial score (nSPS) is 16.2. The van der Waals surface area contributed by atoms with E-state index >= 15 is 0 Å². The number of amides is 4. The van der Waals surface area contributed by atoms with Gasteiger partial charge in [-0.25, -0.2) is 9.78 Å². The van der Waals surface area contributed by atoms with Gasteiger partial charge in [-0.05, 0) is 32.9 Å². The SMILES string of the molecule is Cc1ccc(NC(=O)Nc2sc(C(C)(C)C)nc2C(=O)N2CCN(C)C(=O)C2(C)C)cc1. The Labute approximate surface area is 193 Å². The van der Waals surface area contributed by atoms with Crippen LogP contribution in [0.25, 0.3) is 0 Å². The average molecular weight is 458 g/mol. The quantitative estimate of drug-likeness (QED) is 0.726. The van der Waals surface area contributed by atoms with Crippen molar-refractivity contribution in [3.05, 3.63) is 40.5 Å². The van der Waals surface area contributed by atoms with E-state index in [0.717, 1.165) is 10.6 Å². The summed E-state index contributed by atoms with van der Waals surface area (Å²) in [6.45, 7) is 12.3. The van der Waals surface area contributed by atoms with Crippen LogP contribution < -0.4 is 10.6 Å². The summed E-state index contributed by atoms with van der Waals surface area (Å²) in [5, 5.41) is 6.67. The summed E-state index contributed by atoms with van der Waals surface area (Å²) in [7, 11) is 1.73. The molecule has 0 radical (unpaired) electrons. The molecule has 2 heterocycles. The highest BCUT2D eigenvalue weighted by Gasteiger charge is 2.44. The Morgan fingerprint density at radius 1 is 1.09 bits per heavy atom. The molecule has 2 N–H and O–H groups in total. The molecular weight excluding hydrogens is 426 g/mol. The Kier molecular flexibility index (Phi) is 6.33. The standard InChI is InChI=1S/C23H31N5O3S/c1-14-8-10-15(11-9-14)24-21(31)26-17-16(25-19(32-17)22(2,3)4)18(29)28-13-12-27(7)20(30)23(28,5)6/h8-11H,12-13H2,1-7H3,(H2,24,26,31). The molecule has 8 nitrogen and oxygen atoms in total. The highest BCUT2D eigenvalue weighted by molar-refractivity contribution is 7.16. The average Bonchev–Trinajstić information content (AvgIpc) is 3.12. The van der Waals surface area contributed by atoms with Gasteiger partial charge in [-0.15, -0.1) is 0 Å². The maximum absolute atomic E-state index is 13.5. The van der Waals surface area contributed by atoms with Crippen LogP contribution in [0, 0.1) is 6.92 Å². The molecule has 1 aromatic carbocycles. The molecule has 172 valence electrons. The number of thiazole rings is 1. The van der Waals surface area contributed by atoms with Gasteiger partial charge in [0.05, 0.1) is 0 Å². The van der Waals surface area contributed by atoms with Crippen molar-refractivity contribution in [1.82, 2.24) is 14.8 Å². The number of nitrogens with zero attached hydrogens (tertiary/aromatic N) is 3. The molecule has 1 fully saturated rings. The lowest BCUT2D eigenvalue weighted by molar-refractivity contribution is -0.144. The van der Waals surface area contributed by atoms with E-state index in [1.165, 1.54) is 11.3 Å². The number of benzene rings is 1. The highest BCUT2D eigenvalue weighted by atomic mass is 32.1. The molecule has 0 unspecified atom stereocenters. The van der Waals surface area contributed by atoms with Crippen LogP contribution in [-0.4, -0.2) is 58.3 Å². The molecule has 0 bridgehead atoms. The molecule has 0 atom stereocenters. The first-order valence-corrected chi connectivity index (χ1v) is 11.4. The van der Waals surface area contributed by atoms with Crippen LogP contribution >= 0.6 is 11.3 Å². The number of anilines is 2. The molecule has 2 aromatic rings. The molecule has 3 rings (SSSR count). The molecule has 1 saturated heterocycles. The van der Waals surface area contributed by atoms with Crippen LogP contribution in [0.2, 0.25) is 0 Å². The van der Waals surface area contributed by atoms with E-state index in [1.807, 2.05) is 52.0 Å². The zero-order valence-electron chi connectivity index (χ0n) is 19.7. The molecule has 0 spiro atoms. The lowest BCUT2D eigenvalue weighted by atomic mass is 9.97.